The maximum Gasteiger partial charge on any atom is 0.161 e. The molecule has 17 heavy (non-hydrogen) atoms. The van der Waals surface area contributed by atoms with E-state index in [9.17, 15) is 0 Å². The second-order valence-corrected chi connectivity index (χ2v) is 3.48. The largest absolute Gasteiger partial charge is 0.493 e. The molecule has 3 N–H and O–H groups in total. The van der Waals surface area contributed by atoms with E-state index in [-0.39, 0.29) is 18.2 Å². The van der Waals surface area contributed by atoms with E-state index < -0.39 is 0 Å². The molecule has 4 nitrogen and oxygen atoms in total. The van der Waals surface area contributed by atoms with Gasteiger partial charge >= 0.3 is 0 Å². The summed E-state index contributed by atoms with van der Waals surface area (Å²) in [6.07, 6.45) is 2.10. The van der Waals surface area contributed by atoms with Gasteiger partial charge in [0.25, 0.3) is 0 Å². The van der Waals surface area contributed by atoms with Crippen molar-refractivity contribution in [1.29, 1.82) is 5.41 Å². The maximum atomic E-state index is 7.33. The lowest BCUT2D eigenvalue weighted by molar-refractivity contribution is 0.288. The summed E-state index contributed by atoms with van der Waals surface area (Å²) in [6, 6.07) is 5.25. The minimum absolute atomic E-state index is 0. The van der Waals surface area contributed by atoms with Crippen LogP contribution in [0.5, 0.6) is 11.5 Å². The van der Waals surface area contributed by atoms with Crippen LogP contribution in [0, 0.1) is 5.41 Å². The van der Waals surface area contributed by atoms with Gasteiger partial charge in [0, 0.05) is 5.56 Å². The van der Waals surface area contributed by atoms with Crippen molar-refractivity contribution in [1.82, 2.24) is 0 Å². The van der Waals surface area contributed by atoms with Gasteiger partial charge in [0.1, 0.15) is 5.84 Å². The van der Waals surface area contributed by atoms with Crippen LogP contribution in [0.1, 0.15) is 25.3 Å². The summed E-state index contributed by atoms with van der Waals surface area (Å²) < 4.78 is 10.8. The molecule has 0 aromatic heterocycles. The number of methoxy groups -OCH3 is 1. The highest BCUT2D eigenvalue weighted by Gasteiger charge is 2.06. The predicted molar refractivity (Wildman–Crippen MR) is 71.7 cm³/mol. The number of ether oxygens (including phenoxy) is 2. The molecule has 0 fully saturated rings. The van der Waals surface area contributed by atoms with Crippen molar-refractivity contribution in [3.8, 4) is 11.5 Å². The average Bonchev–Trinajstić information content (AvgIpc) is 2.29. The van der Waals surface area contributed by atoms with Crippen molar-refractivity contribution in [3.05, 3.63) is 23.8 Å². The van der Waals surface area contributed by atoms with Crippen molar-refractivity contribution in [2.24, 2.45) is 5.73 Å². The Balaban J connectivity index is 0.00000256. The summed E-state index contributed by atoms with van der Waals surface area (Å²) >= 11 is 0. The highest BCUT2D eigenvalue weighted by atomic mass is 35.5. The number of rotatable bonds is 6. The maximum absolute atomic E-state index is 7.33. The number of nitrogen functional groups attached to an aromatic ring is 1. The fraction of sp³-hybridized carbons (Fsp3) is 0.417. The number of amidine groups is 1. The summed E-state index contributed by atoms with van der Waals surface area (Å²) in [6.45, 7) is 2.78. The zero-order valence-corrected chi connectivity index (χ0v) is 11.0. The van der Waals surface area contributed by atoms with Crippen molar-refractivity contribution >= 4 is 18.2 Å². The summed E-state index contributed by atoms with van der Waals surface area (Å²) in [4.78, 5) is 0. The van der Waals surface area contributed by atoms with Gasteiger partial charge in [-0.05, 0) is 24.6 Å². The van der Waals surface area contributed by atoms with Crippen LogP contribution in [0.3, 0.4) is 0 Å². The first kappa shape index (κ1) is 15.6. The van der Waals surface area contributed by atoms with Crippen molar-refractivity contribution in [2.45, 2.75) is 19.8 Å². The molecular weight excluding hydrogens is 240 g/mol. The van der Waals surface area contributed by atoms with Gasteiger partial charge in [-0.2, -0.15) is 0 Å². The number of hydrogen-bond acceptors (Lipinski definition) is 3. The molecule has 0 atom stereocenters. The molecule has 0 aliphatic rings. The molecule has 96 valence electrons. The first-order valence-corrected chi connectivity index (χ1v) is 5.34. The van der Waals surface area contributed by atoms with Crippen LogP contribution in [0.4, 0.5) is 0 Å². The molecule has 1 rings (SSSR count). The number of benzene rings is 1. The van der Waals surface area contributed by atoms with Gasteiger partial charge in [-0.1, -0.05) is 13.3 Å². The predicted octanol–water partition coefficient (Wildman–Crippen LogP) is 2.58. The van der Waals surface area contributed by atoms with E-state index in [1.54, 1.807) is 25.3 Å². The Morgan fingerprint density at radius 3 is 2.59 bits per heavy atom. The molecule has 0 aliphatic carbocycles. The minimum Gasteiger partial charge on any atom is -0.493 e. The zero-order valence-electron chi connectivity index (χ0n) is 10.2. The lowest BCUT2D eigenvalue weighted by atomic mass is 10.2. The standard InChI is InChI=1S/C12H18N2O2.ClH/c1-3-4-7-16-10-6-5-9(12(13)14)8-11(10)15-2;/h5-6,8H,3-4,7H2,1-2H3,(H3,13,14);1H. The lowest BCUT2D eigenvalue weighted by Gasteiger charge is -2.11. The molecule has 1 aromatic rings. The molecule has 0 saturated heterocycles. The summed E-state index contributed by atoms with van der Waals surface area (Å²) in [5.74, 6) is 1.34. The number of hydrogen-bond donors (Lipinski definition) is 2. The van der Waals surface area contributed by atoms with Gasteiger partial charge in [-0.3, -0.25) is 5.41 Å². The monoisotopic (exact) mass is 258 g/mol. The normalized spacial score (nSPS) is 9.29. The Kier molecular flexibility index (Phi) is 7.14. The first-order chi connectivity index (χ1) is 7.69. The third kappa shape index (κ3) is 4.53. The van der Waals surface area contributed by atoms with Crippen LogP contribution in [0.25, 0.3) is 0 Å². The van der Waals surface area contributed by atoms with Gasteiger partial charge in [0.2, 0.25) is 0 Å². The van der Waals surface area contributed by atoms with Gasteiger partial charge < -0.3 is 15.2 Å². The third-order valence-corrected chi connectivity index (χ3v) is 2.23. The van der Waals surface area contributed by atoms with E-state index in [1.165, 1.54) is 0 Å². The third-order valence-electron chi connectivity index (χ3n) is 2.23. The smallest absolute Gasteiger partial charge is 0.161 e. The molecule has 0 aliphatic heterocycles. The van der Waals surface area contributed by atoms with Gasteiger partial charge in [-0.15, -0.1) is 12.4 Å². The Labute approximate surface area is 108 Å². The highest BCUT2D eigenvalue weighted by Crippen LogP contribution is 2.28. The molecule has 0 amide bonds. The van der Waals surface area contributed by atoms with E-state index in [0.29, 0.717) is 23.7 Å². The fourth-order valence-corrected chi connectivity index (χ4v) is 1.28. The Morgan fingerprint density at radius 1 is 1.35 bits per heavy atom. The van der Waals surface area contributed by atoms with Gasteiger partial charge in [0.05, 0.1) is 13.7 Å². The Hall–Kier alpha value is -1.42. The van der Waals surface area contributed by atoms with E-state index in [2.05, 4.69) is 6.92 Å². The molecule has 1 aromatic carbocycles. The summed E-state index contributed by atoms with van der Waals surface area (Å²) in [5.41, 5.74) is 6.03. The number of nitrogens with one attached hydrogen (secondary N) is 1. The second kappa shape index (κ2) is 7.79. The quantitative estimate of drug-likeness (QED) is 0.468. The molecule has 5 heteroatoms. The molecule has 0 heterocycles. The Bertz CT molecular complexity index is 370. The summed E-state index contributed by atoms with van der Waals surface area (Å²) in [7, 11) is 1.58. The first-order valence-electron chi connectivity index (χ1n) is 5.34. The van der Waals surface area contributed by atoms with Crippen LogP contribution >= 0.6 is 12.4 Å². The average molecular weight is 259 g/mol. The molecule has 0 unspecified atom stereocenters. The van der Waals surface area contributed by atoms with Crippen LogP contribution in [0.15, 0.2) is 18.2 Å². The SMILES string of the molecule is CCCCOc1ccc(C(=N)N)cc1OC.Cl. The van der Waals surface area contributed by atoms with Crippen molar-refractivity contribution in [3.63, 3.8) is 0 Å². The van der Waals surface area contributed by atoms with E-state index in [0.717, 1.165) is 12.8 Å². The van der Waals surface area contributed by atoms with Crippen molar-refractivity contribution in [2.75, 3.05) is 13.7 Å². The molecule has 0 saturated carbocycles. The minimum atomic E-state index is 0. The summed E-state index contributed by atoms with van der Waals surface area (Å²) in [5, 5.41) is 7.33. The topological polar surface area (TPSA) is 68.3 Å². The van der Waals surface area contributed by atoms with E-state index in [4.69, 9.17) is 20.6 Å². The van der Waals surface area contributed by atoms with E-state index in [1.807, 2.05) is 0 Å². The molecular formula is C12H19ClN2O2. The van der Waals surface area contributed by atoms with Crippen LogP contribution in [-0.4, -0.2) is 19.6 Å². The van der Waals surface area contributed by atoms with Crippen molar-refractivity contribution < 1.29 is 9.47 Å². The van der Waals surface area contributed by atoms with E-state index >= 15 is 0 Å². The molecule has 0 spiro atoms. The fourth-order valence-electron chi connectivity index (χ4n) is 1.28. The van der Waals surface area contributed by atoms with Gasteiger partial charge in [0.15, 0.2) is 11.5 Å². The van der Waals surface area contributed by atoms with Crippen LogP contribution in [0.2, 0.25) is 0 Å². The molecule has 0 radical (unpaired) electrons. The number of halogens is 1. The number of nitrogens with two attached hydrogens (primary N) is 1. The molecule has 0 bridgehead atoms. The highest BCUT2D eigenvalue weighted by molar-refractivity contribution is 5.95. The van der Waals surface area contributed by atoms with Crippen LogP contribution < -0.4 is 15.2 Å². The van der Waals surface area contributed by atoms with Gasteiger partial charge in [-0.25, -0.2) is 0 Å². The lowest BCUT2D eigenvalue weighted by Crippen LogP contribution is -2.11. The van der Waals surface area contributed by atoms with Crippen LogP contribution in [-0.2, 0) is 0 Å². The number of unbranched alkanes of at least 4 members (excludes halogenated alkanes) is 1. The second-order valence-electron chi connectivity index (χ2n) is 3.48. The Morgan fingerprint density at radius 2 is 2.06 bits per heavy atom. The zero-order chi connectivity index (χ0) is 12.0.